The normalized spacial score (nSPS) is 9.43. The van der Waals surface area contributed by atoms with Crippen molar-refractivity contribution in [1.82, 2.24) is 0 Å². The van der Waals surface area contributed by atoms with Crippen molar-refractivity contribution in [2.45, 2.75) is 0 Å². The van der Waals surface area contributed by atoms with Crippen molar-refractivity contribution >= 4 is 45.2 Å². The molecule has 0 atom stereocenters. The van der Waals surface area contributed by atoms with E-state index in [4.69, 9.17) is 4.42 Å². The zero-order chi connectivity index (χ0) is 5.28. The van der Waals surface area contributed by atoms with Gasteiger partial charge in [-0.15, -0.1) is 0 Å². The Morgan fingerprint density at radius 2 is 1.57 bits per heavy atom. The Balaban J connectivity index is 3.12. The Labute approximate surface area is 68.7 Å². The van der Waals surface area contributed by atoms with E-state index < -0.39 is 0 Å². The van der Waals surface area contributed by atoms with Gasteiger partial charge in [-0.2, -0.15) is 0 Å². The van der Waals surface area contributed by atoms with Crippen LogP contribution in [0.15, 0.2) is 16.9 Å². The molecule has 3 heteroatoms. The Morgan fingerprint density at radius 3 is 1.71 bits per heavy atom. The van der Waals surface area contributed by atoms with Crippen LogP contribution in [0, 0.1) is 7.14 Å². The average molecular weight is 320 g/mol. The topological polar surface area (TPSA) is 13.1 Å². The summed E-state index contributed by atoms with van der Waals surface area (Å²) < 4.78 is 7.19. The maximum Gasteiger partial charge on any atom is 0.105 e. The van der Waals surface area contributed by atoms with Crippen molar-refractivity contribution in [2.75, 3.05) is 0 Å². The van der Waals surface area contributed by atoms with Gasteiger partial charge in [0.05, 0.1) is 7.14 Å². The highest BCUT2D eigenvalue weighted by Crippen LogP contribution is 2.14. The molecule has 0 aliphatic heterocycles. The molecule has 38 valence electrons. The fourth-order valence-electron chi connectivity index (χ4n) is 0.266. The third kappa shape index (κ3) is 1.31. The van der Waals surface area contributed by atoms with Gasteiger partial charge in [-0.25, -0.2) is 0 Å². The van der Waals surface area contributed by atoms with Crippen LogP contribution in [0.1, 0.15) is 0 Å². The van der Waals surface area contributed by atoms with E-state index in [1.807, 2.05) is 0 Å². The second-order valence-electron chi connectivity index (χ2n) is 1.07. The Kier molecular flexibility index (Phi) is 1.96. The van der Waals surface area contributed by atoms with Gasteiger partial charge in [0, 0.05) is 0 Å². The second kappa shape index (κ2) is 2.34. The van der Waals surface area contributed by atoms with E-state index in [0.29, 0.717) is 0 Å². The van der Waals surface area contributed by atoms with Crippen LogP contribution in [0.25, 0.3) is 0 Å². The zero-order valence-electron chi connectivity index (χ0n) is 3.32. The molecule has 0 amide bonds. The van der Waals surface area contributed by atoms with Crippen LogP contribution < -0.4 is 0 Å². The largest absolute Gasteiger partial charge is 0.470 e. The second-order valence-corrected chi connectivity index (χ2v) is 3.39. The van der Waals surface area contributed by atoms with E-state index in [0.717, 1.165) is 0 Å². The van der Waals surface area contributed by atoms with Crippen LogP contribution in [-0.2, 0) is 0 Å². The summed E-state index contributed by atoms with van der Waals surface area (Å²) in [6.45, 7) is 0. The highest BCUT2D eigenvalue weighted by molar-refractivity contribution is 14.1. The highest BCUT2D eigenvalue weighted by atomic mass is 127. The maximum atomic E-state index is 4.83. The summed E-state index contributed by atoms with van der Waals surface area (Å²) in [5, 5.41) is 0. The molecule has 0 aliphatic carbocycles. The van der Waals surface area contributed by atoms with Gasteiger partial charge in [-0.05, 0) is 45.2 Å². The molecule has 0 radical (unpaired) electrons. The van der Waals surface area contributed by atoms with Gasteiger partial charge in [-0.1, -0.05) is 0 Å². The molecular weight excluding hydrogens is 318 g/mol. The van der Waals surface area contributed by atoms with E-state index in [1.165, 1.54) is 7.14 Å². The Morgan fingerprint density at radius 1 is 1.14 bits per heavy atom. The molecular formula is C4H2I2O. The van der Waals surface area contributed by atoms with Gasteiger partial charge < -0.3 is 4.42 Å². The SMILES string of the molecule is Ic1cocc1I. The zero-order valence-corrected chi connectivity index (χ0v) is 7.63. The molecule has 0 aliphatic rings. The maximum absolute atomic E-state index is 4.83. The summed E-state index contributed by atoms with van der Waals surface area (Å²) in [7, 11) is 0. The van der Waals surface area contributed by atoms with Gasteiger partial charge in [-0.3, -0.25) is 0 Å². The highest BCUT2D eigenvalue weighted by Gasteiger charge is 1.92. The molecule has 1 aromatic rings. The summed E-state index contributed by atoms with van der Waals surface area (Å²) in [5.74, 6) is 0. The van der Waals surface area contributed by atoms with Crippen LogP contribution in [0.5, 0.6) is 0 Å². The van der Waals surface area contributed by atoms with Crippen LogP contribution in [-0.4, -0.2) is 0 Å². The minimum Gasteiger partial charge on any atom is -0.470 e. The predicted octanol–water partition coefficient (Wildman–Crippen LogP) is 2.49. The number of rotatable bonds is 0. The van der Waals surface area contributed by atoms with E-state index in [9.17, 15) is 0 Å². The third-order valence-corrected chi connectivity index (χ3v) is 3.27. The minimum atomic E-state index is 1.18. The van der Waals surface area contributed by atoms with Crippen molar-refractivity contribution in [2.24, 2.45) is 0 Å². The first kappa shape index (κ1) is 5.87. The minimum absolute atomic E-state index is 1.18. The van der Waals surface area contributed by atoms with Gasteiger partial charge in [0.1, 0.15) is 12.5 Å². The lowest BCUT2D eigenvalue weighted by Crippen LogP contribution is -1.60. The molecule has 0 spiro atoms. The van der Waals surface area contributed by atoms with E-state index >= 15 is 0 Å². The van der Waals surface area contributed by atoms with Crippen LogP contribution in [0.2, 0.25) is 0 Å². The van der Waals surface area contributed by atoms with Crippen molar-refractivity contribution in [3.05, 3.63) is 19.7 Å². The van der Waals surface area contributed by atoms with Crippen molar-refractivity contribution < 1.29 is 4.42 Å². The number of hydrogen-bond acceptors (Lipinski definition) is 1. The van der Waals surface area contributed by atoms with Crippen molar-refractivity contribution in [3.8, 4) is 0 Å². The molecule has 0 N–H and O–H groups in total. The Bertz CT molecular complexity index is 142. The van der Waals surface area contributed by atoms with Crippen LogP contribution >= 0.6 is 45.2 Å². The van der Waals surface area contributed by atoms with Crippen molar-refractivity contribution in [1.29, 1.82) is 0 Å². The van der Waals surface area contributed by atoms with Gasteiger partial charge >= 0.3 is 0 Å². The summed E-state index contributed by atoms with van der Waals surface area (Å²) in [4.78, 5) is 0. The molecule has 1 heterocycles. The fourth-order valence-corrected chi connectivity index (χ4v) is 0.814. The number of halogens is 2. The van der Waals surface area contributed by atoms with E-state index in [1.54, 1.807) is 12.5 Å². The van der Waals surface area contributed by atoms with E-state index in [-0.39, 0.29) is 0 Å². The number of hydrogen-bond donors (Lipinski definition) is 0. The average Bonchev–Trinajstić information content (AvgIpc) is 1.91. The lowest BCUT2D eigenvalue weighted by atomic mass is 10.7. The van der Waals surface area contributed by atoms with Gasteiger partial charge in [0.2, 0.25) is 0 Å². The van der Waals surface area contributed by atoms with Crippen LogP contribution in [0.3, 0.4) is 0 Å². The fraction of sp³-hybridized carbons (Fsp3) is 0. The van der Waals surface area contributed by atoms with Crippen LogP contribution in [0.4, 0.5) is 0 Å². The molecule has 0 aromatic carbocycles. The summed E-state index contributed by atoms with van der Waals surface area (Å²) >= 11 is 4.44. The van der Waals surface area contributed by atoms with Gasteiger partial charge in [0.15, 0.2) is 0 Å². The molecule has 0 bridgehead atoms. The summed E-state index contributed by atoms with van der Waals surface area (Å²) in [6.07, 6.45) is 3.45. The van der Waals surface area contributed by atoms with Crippen molar-refractivity contribution in [3.63, 3.8) is 0 Å². The lowest BCUT2D eigenvalue weighted by Gasteiger charge is -1.71. The summed E-state index contributed by atoms with van der Waals surface area (Å²) in [5.41, 5.74) is 0. The van der Waals surface area contributed by atoms with E-state index in [2.05, 4.69) is 45.2 Å². The first-order valence-corrected chi connectivity index (χ1v) is 3.83. The number of furan rings is 1. The molecule has 1 nitrogen and oxygen atoms in total. The third-order valence-electron chi connectivity index (χ3n) is 0.571. The molecule has 0 saturated carbocycles. The monoisotopic (exact) mass is 320 g/mol. The smallest absolute Gasteiger partial charge is 0.105 e. The van der Waals surface area contributed by atoms with Gasteiger partial charge in [0.25, 0.3) is 0 Å². The molecule has 0 saturated heterocycles. The lowest BCUT2D eigenvalue weighted by molar-refractivity contribution is 0.564. The first-order chi connectivity index (χ1) is 3.30. The molecule has 0 fully saturated rings. The molecule has 1 aromatic heterocycles. The standard InChI is InChI=1S/C4H2I2O/c5-3-1-7-2-4(3)6/h1-2H. The summed E-state index contributed by atoms with van der Waals surface area (Å²) in [6, 6.07) is 0. The molecule has 0 unspecified atom stereocenters. The predicted molar refractivity (Wildman–Crippen MR) is 44.1 cm³/mol. The molecule has 1 rings (SSSR count). The quantitative estimate of drug-likeness (QED) is 0.670. The first-order valence-electron chi connectivity index (χ1n) is 1.68. The Hall–Kier alpha value is 0.740. The molecule has 7 heavy (non-hydrogen) atoms.